The molecule has 2 aliphatic rings. The van der Waals surface area contributed by atoms with E-state index in [1.165, 1.54) is 16.9 Å². The quantitative estimate of drug-likeness (QED) is 0.555. The van der Waals surface area contributed by atoms with Crippen LogP contribution in [0, 0.1) is 5.92 Å². The summed E-state index contributed by atoms with van der Waals surface area (Å²) in [5, 5.41) is 11.0. The molecule has 3 aromatic rings. The molecule has 0 bridgehead atoms. The van der Waals surface area contributed by atoms with Crippen molar-refractivity contribution in [2.24, 2.45) is 5.92 Å². The molecule has 10 heteroatoms. The third-order valence-corrected chi connectivity index (χ3v) is 7.08. The van der Waals surface area contributed by atoms with E-state index < -0.39 is 18.0 Å². The third-order valence-electron chi connectivity index (χ3n) is 7.08. The minimum Gasteiger partial charge on any atom is -0.381 e. The number of halogens is 2. The SMILES string of the molecule is CC1CCC(n2cc(NC(=O)c3cnn4ccc(C5CCCOCC5)nc34)c(C(F)F)n2)CC1. The van der Waals surface area contributed by atoms with Gasteiger partial charge in [0, 0.05) is 37.2 Å². The number of carbonyl (C=O) groups excluding carboxylic acids is 1. The number of hydrogen-bond acceptors (Lipinski definition) is 5. The van der Waals surface area contributed by atoms with Gasteiger partial charge >= 0.3 is 0 Å². The van der Waals surface area contributed by atoms with E-state index in [0.29, 0.717) is 18.2 Å². The van der Waals surface area contributed by atoms with Crippen LogP contribution < -0.4 is 5.32 Å². The Balaban J connectivity index is 1.39. The average molecular weight is 473 g/mol. The largest absolute Gasteiger partial charge is 0.381 e. The summed E-state index contributed by atoms with van der Waals surface area (Å²) in [5.74, 6) is 0.363. The summed E-state index contributed by atoms with van der Waals surface area (Å²) >= 11 is 0. The van der Waals surface area contributed by atoms with Crippen molar-refractivity contribution in [1.82, 2.24) is 24.4 Å². The maximum absolute atomic E-state index is 13.7. The molecule has 0 aromatic carbocycles. The van der Waals surface area contributed by atoms with Crippen LogP contribution in [0.15, 0.2) is 24.7 Å². The second kappa shape index (κ2) is 9.77. The zero-order valence-corrected chi connectivity index (χ0v) is 19.3. The Bertz CT molecular complexity index is 1140. The van der Waals surface area contributed by atoms with Crippen LogP contribution >= 0.6 is 0 Å². The number of nitrogens with one attached hydrogen (secondary N) is 1. The number of rotatable bonds is 5. The summed E-state index contributed by atoms with van der Waals surface area (Å²) in [4.78, 5) is 17.9. The van der Waals surface area contributed by atoms with E-state index in [1.54, 1.807) is 10.9 Å². The molecule has 1 aliphatic heterocycles. The lowest BCUT2D eigenvalue weighted by Gasteiger charge is -2.26. The summed E-state index contributed by atoms with van der Waals surface area (Å²) < 4.78 is 36.2. The highest BCUT2D eigenvalue weighted by Crippen LogP contribution is 2.34. The third kappa shape index (κ3) is 4.68. The van der Waals surface area contributed by atoms with E-state index in [4.69, 9.17) is 9.72 Å². The highest BCUT2D eigenvalue weighted by atomic mass is 19.3. The molecule has 1 amide bonds. The van der Waals surface area contributed by atoms with Gasteiger partial charge in [0.2, 0.25) is 0 Å². The number of alkyl halides is 2. The molecule has 1 atom stereocenters. The fraction of sp³-hybridized carbons (Fsp3) is 0.583. The second-order valence-corrected chi connectivity index (χ2v) is 9.50. The predicted octanol–water partition coefficient (Wildman–Crippen LogP) is 5.15. The van der Waals surface area contributed by atoms with Crippen LogP contribution in [-0.4, -0.2) is 43.5 Å². The van der Waals surface area contributed by atoms with Gasteiger partial charge in [-0.15, -0.1) is 0 Å². The first-order chi connectivity index (χ1) is 16.5. The monoisotopic (exact) mass is 472 g/mol. The van der Waals surface area contributed by atoms with Crippen molar-refractivity contribution in [2.75, 3.05) is 18.5 Å². The van der Waals surface area contributed by atoms with Gasteiger partial charge in [0.15, 0.2) is 11.3 Å². The maximum atomic E-state index is 13.7. The lowest BCUT2D eigenvalue weighted by atomic mass is 9.87. The Morgan fingerprint density at radius 3 is 2.79 bits per heavy atom. The van der Waals surface area contributed by atoms with Gasteiger partial charge in [0.1, 0.15) is 5.56 Å². The Hall–Kier alpha value is -2.88. The van der Waals surface area contributed by atoms with Crippen molar-refractivity contribution in [1.29, 1.82) is 0 Å². The summed E-state index contributed by atoms with van der Waals surface area (Å²) in [6.07, 6.45) is 8.63. The molecular weight excluding hydrogens is 442 g/mol. The Morgan fingerprint density at radius 2 is 2.00 bits per heavy atom. The first-order valence-corrected chi connectivity index (χ1v) is 12.1. The van der Waals surface area contributed by atoms with Crippen molar-refractivity contribution in [3.05, 3.63) is 41.6 Å². The zero-order valence-electron chi connectivity index (χ0n) is 19.3. The normalized spacial score (nSPS) is 23.8. The zero-order chi connectivity index (χ0) is 23.7. The lowest BCUT2D eigenvalue weighted by molar-refractivity contribution is 0.102. The van der Waals surface area contributed by atoms with Crippen molar-refractivity contribution >= 4 is 17.2 Å². The van der Waals surface area contributed by atoms with Crippen LogP contribution in [0.4, 0.5) is 14.5 Å². The van der Waals surface area contributed by atoms with Gasteiger partial charge in [-0.2, -0.15) is 10.2 Å². The van der Waals surface area contributed by atoms with Crippen LogP contribution in [0.1, 0.15) is 92.0 Å². The number of aromatic nitrogens is 5. The Morgan fingerprint density at radius 1 is 1.18 bits per heavy atom. The molecule has 3 aromatic heterocycles. The summed E-state index contributed by atoms with van der Waals surface area (Å²) in [7, 11) is 0. The molecule has 182 valence electrons. The number of amides is 1. The predicted molar refractivity (Wildman–Crippen MR) is 122 cm³/mol. The Labute approximate surface area is 196 Å². The maximum Gasteiger partial charge on any atom is 0.284 e. The van der Waals surface area contributed by atoms with Crippen LogP contribution in [-0.2, 0) is 4.74 Å². The van der Waals surface area contributed by atoms with Gasteiger partial charge in [0.05, 0.1) is 17.9 Å². The van der Waals surface area contributed by atoms with Gasteiger partial charge in [-0.05, 0) is 56.9 Å². The fourth-order valence-corrected chi connectivity index (χ4v) is 5.02. The number of anilines is 1. The first-order valence-electron chi connectivity index (χ1n) is 12.1. The molecule has 1 aliphatic carbocycles. The summed E-state index contributed by atoms with van der Waals surface area (Å²) in [6, 6.07) is 1.99. The number of fused-ring (bicyclic) bond motifs is 1. The molecule has 1 saturated carbocycles. The van der Waals surface area contributed by atoms with E-state index in [-0.39, 0.29) is 23.2 Å². The van der Waals surface area contributed by atoms with Crippen molar-refractivity contribution in [3.63, 3.8) is 0 Å². The number of hydrogen-bond donors (Lipinski definition) is 1. The van der Waals surface area contributed by atoms with Crippen molar-refractivity contribution < 1.29 is 18.3 Å². The van der Waals surface area contributed by atoms with Crippen LogP contribution in [0.2, 0.25) is 0 Å². The molecule has 1 N–H and O–H groups in total. The molecule has 1 unspecified atom stereocenters. The van der Waals surface area contributed by atoms with E-state index in [9.17, 15) is 13.6 Å². The first kappa shape index (κ1) is 22.9. The minimum absolute atomic E-state index is 0.0371. The van der Waals surface area contributed by atoms with E-state index >= 15 is 0 Å². The van der Waals surface area contributed by atoms with Gasteiger partial charge in [0.25, 0.3) is 12.3 Å². The highest BCUT2D eigenvalue weighted by molar-refractivity contribution is 6.08. The number of ether oxygens (including phenoxy) is 1. The van der Waals surface area contributed by atoms with Gasteiger partial charge in [-0.25, -0.2) is 18.3 Å². The van der Waals surface area contributed by atoms with Crippen molar-refractivity contribution in [2.45, 2.75) is 70.3 Å². The summed E-state index contributed by atoms with van der Waals surface area (Å²) in [6.45, 7) is 3.64. The van der Waals surface area contributed by atoms with Crippen LogP contribution in [0.5, 0.6) is 0 Å². The number of carbonyl (C=O) groups is 1. The Kier molecular flexibility index (Phi) is 6.58. The molecule has 2 fully saturated rings. The lowest BCUT2D eigenvalue weighted by Crippen LogP contribution is -2.17. The molecule has 8 nitrogen and oxygen atoms in total. The smallest absolute Gasteiger partial charge is 0.284 e. The van der Waals surface area contributed by atoms with Crippen molar-refractivity contribution in [3.8, 4) is 0 Å². The van der Waals surface area contributed by atoms with E-state index in [0.717, 1.165) is 57.2 Å². The molecule has 0 spiro atoms. The highest BCUT2D eigenvalue weighted by Gasteiger charge is 2.27. The van der Waals surface area contributed by atoms with Gasteiger partial charge < -0.3 is 10.1 Å². The molecule has 34 heavy (non-hydrogen) atoms. The number of nitrogens with zero attached hydrogens (tertiary/aromatic N) is 5. The van der Waals surface area contributed by atoms with Gasteiger partial charge in [-0.3, -0.25) is 9.48 Å². The molecule has 1 saturated heterocycles. The molecule has 5 rings (SSSR count). The molecule has 4 heterocycles. The fourth-order valence-electron chi connectivity index (χ4n) is 5.02. The standard InChI is InChI=1S/C24H30F2N6O2/c1-15-4-6-17(7-5-15)32-14-20(21(30-32)22(25)26)29-24(33)18-13-27-31-10-8-19(28-23(18)31)16-3-2-11-34-12-9-16/h8,10,13-17,22H,2-7,9,11-12H2,1H3,(H,29,33). The molecule has 0 radical (unpaired) electrons. The van der Waals surface area contributed by atoms with E-state index in [2.05, 4.69) is 22.4 Å². The topological polar surface area (TPSA) is 86.3 Å². The average Bonchev–Trinajstić information content (AvgIpc) is 3.34. The summed E-state index contributed by atoms with van der Waals surface area (Å²) in [5.41, 5.74) is 1.17. The van der Waals surface area contributed by atoms with Crippen LogP contribution in [0.25, 0.3) is 5.65 Å². The minimum atomic E-state index is -2.79. The van der Waals surface area contributed by atoms with Crippen LogP contribution in [0.3, 0.4) is 0 Å². The van der Waals surface area contributed by atoms with Gasteiger partial charge in [-0.1, -0.05) is 6.92 Å². The second-order valence-electron chi connectivity index (χ2n) is 9.50. The van der Waals surface area contributed by atoms with E-state index in [1.807, 2.05) is 6.07 Å². The molecular formula is C24H30F2N6O2.